The first-order chi connectivity index (χ1) is 18.1. The molecule has 1 aromatic heterocycles. The van der Waals surface area contributed by atoms with Crippen LogP contribution in [0.25, 0.3) is 0 Å². The molecular formula is C28H31F3N6O. The molecule has 10 heteroatoms. The number of nitrogen functional groups attached to an aromatic ring is 1. The van der Waals surface area contributed by atoms with Crippen LogP contribution in [0.1, 0.15) is 66.9 Å². The highest BCUT2D eigenvalue weighted by molar-refractivity contribution is 6.11. The molecule has 0 radical (unpaired) electrons. The fourth-order valence-electron chi connectivity index (χ4n) is 5.27. The first-order valence-electron chi connectivity index (χ1n) is 12.9. The standard InChI is InChI=1S/C28H31F3N6O/c1-17(19-13-20(28(29,30)31)15-21(32)14-19)34-25-22-16-37(12-8-23(22)35-18(2)36-25)26(38)27(9-10-27)24-7-5-3-4-6-11-33-24/h3-4,6,11,13-15,17H,5,7-10,12,16,32H2,1-2H3,(H,34,35,36)/b4-3-,11-6-,33-24?. The summed E-state index contributed by atoms with van der Waals surface area (Å²) >= 11 is 0. The van der Waals surface area contributed by atoms with Gasteiger partial charge in [0, 0.05) is 36.1 Å². The van der Waals surface area contributed by atoms with Gasteiger partial charge >= 0.3 is 6.18 Å². The van der Waals surface area contributed by atoms with Crippen LogP contribution in [-0.4, -0.2) is 33.0 Å². The monoisotopic (exact) mass is 524 g/mol. The Morgan fingerprint density at radius 1 is 1.16 bits per heavy atom. The molecule has 1 fully saturated rings. The van der Waals surface area contributed by atoms with Gasteiger partial charge in [0.1, 0.15) is 11.6 Å². The third kappa shape index (κ3) is 5.16. The molecule has 2 aliphatic heterocycles. The maximum atomic E-state index is 13.8. The number of carbonyl (C=O) groups excluding carboxylic acids is 1. The van der Waals surface area contributed by atoms with E-state index >= 15 is 0 Å². The molecule has 1 atom stereocenters. The van der Waals surface area contributed by atoms with E-state index in [1.165, 1.54) is 6.07 Å². The van der Waals surface area contributed by atoms with Crippen LogP contribution in [0, 0.1) is 12.3 Å². The highest BCUT2D eigenvalue weighted by atomic mass is 19.4. The minimum Gasteiger partial charge on any atom is -0.399 e. The van der Waals surface area contributed by atoms with Gasteiger partial charge < -0.3 is 16.0 Å². The van der Waals surface area contributed by atoms with Crippen molar-refractivity contribution in [2.75, 3.05) is 17.6 Å². The number of hydrogen-bond acceptors (Lipinski definition) is 6. The van der Waals surface area contributed by atoms with Gasteiger partial charge in [-0.05, 0) is 69.4 Å². The van der Waals surface area contributed by atoms with Crippen molar-refractivity contribution in [3.05, 3.63) is 70.8 Å². The molecule has 200 valence electrons. The lowest BCUT2D eigenvalue weighted by atomic mass is 9.92. The summed E-state index contributed by atoms with van der Waals surface area (Å²) < 4.78 is 40.1. The molecule has 1 unspecified atom stereocenters. The zero-order valence-electron chi connectivity index (χ0n) is 21.5. The van der Waals surface area contributed by atoms with Crippen molar-refractivity contribution in [2.24, 2.45) is 10.4 Å². The summed E-state index contributed by atoms with van der Waals surface area (Å²) in [5, 5.41) is 3.27. The van der Waals surface area contributed by atoms with Crippen molar-refractivity contribution in [1.82, 2.24) is 14.9 Å². The van der Waals surface area contributed by atoms with Crippen molar-refractivity contribution in [1.29, 1.82) is 0 Å². The van der Waals surface area contributed by atoms with Crippen molar-refractivity contribution in [3.63, 3.8) is 0 Å². The molecule has 2 aromatic rings. The van der Waals surface area contributed by atoms with E-state index < -0.39 is 23.2 Å². The smallest absolute Gasteiger partial charge is 0.399 e. The number of halogens is 3. The highest BCUT2D eigenvalue weighted by Crippen LogP contribution is 2.50. The second kappa shape index (κ2) is 9.89. The predicted molar refractivity (Wildman–Crippen MR) is 140 cm³/mol. The number of hydrogen-bond donors (Lipinski definition) is 2. The molecule has 3 heterocycles. The van der Waals surface area contributed by atoms with Crippen LogP contribution in [0.3, 0.4) is 0 Å². The number of nitrogens with one attached hydrogen (secondary N) is 1. The van der Waals surface area contributed by atoms with Gasteiger partial charge in [-0.15, -0.1) is 0 Å². The fraction of sp³-hybridized carbons (Fsp3) is 0.429. The van der Waals surface area contributed by atoms with Gasteiger partial charge in [-0.25, -0.2) is 9.97 Å². The summed E-state index contributed by atoms with van der Waals surface area (Å²) in [5.74, 6) is 1.16. The van der Waals surface area contributed by atoms with Gasteiger partial charge in [0.15, 0.2) is 0 Å². The van der Waals surface area contributed by atoms with Gasteiger partial charge in [-0.2, -0.15) is 13.2 Å². The van der Waals surface area contributed by atoms with E-state index in [0.29, 0.717) is 36.7 Å². The molecule has 0 bridgehead atoms. The second-order valence-corrected chi connectivity index (χ2v) is 10.2. The lowest BCUT2D eigenvalue weighted by Gasteiger charge is -2.33. The third-order valence-corrected chi connectivity index (χ3v) is 7.44. The maximum absolute atomic E-state index is 13.8. The van der Waals surface area contributed by atoms with Gasteiger partial charge in [-0.3, -0.25) is 9.79 Å². The van der Waals surface area contributed by atoms with Crippen LogP contribution in [0.2, 0.25) is 0 Å². The van der Waals surface area contributed by atoms with E-state index in [0.717, 1.165) is 54.8 Å². The summed E-state index contributed by atoms with van der Waals surface area (Å²) in [6, 6.07) is 3.04. The van der Waals surface area contributed by atoms with Gasteiger partial charge in [0.2, 0.25) is 5.91 Å². The van der Waals surface area contributed by atoms with E-state index in [1.807, 2.05) is 17.1 Å². The van der Waals surface area contributed by atoms with E-state index in [1.54, 1.807) is 20.0 Å². The molecule has 1 aromatic carbocycles. The van der Waals surface area contributed by atoms with Crippen molar-refractivity contribution in [3.8, 4) is 0 Å². The fourth-order valence-corrected chi connectivity index (χ4v) is 5.27. The first-order valence-corrected chi connectivity index (χ1v) is 12.9. The Kier molecular flexibility index (Phi) is 6.75. The lowest BCUT2D eigenvalue weighted by Crippen LogP contribution is -2.44. The van der Waals surface area contributed by atoms with Gasteiger partial charge in [-0.1, -0.05) is 12.2 Å². The van der Waals surface area contributed by atoms with E-state index in [2.05, 4.69) is 26.4 Å². The number of amides is 1. The topological polar surface area (TPSA) is 96.5 Å². The number of benzene rings is 1. The van der Waals surface area contributed by atoms with Gasteiger partial charge in [0.25, 0.3) is 0 Å². The van der Waals surface area contributed by atoms with Crippen LogP contribution in [-0.2, 0) is 23.9 Å². The van der Waals surface area contributed by atoms with Crippen LogP contribution >= 0.6 is 0 Å². The van der Waals surface area contributed by atoms with Crippen molar-refractivity contribution in [2.45, 2.75) is 64.7 Å². The van der Waals surface area contributed by atoms with Crippen LogP contribution in [0.15, 0.2) is 47.6 Å². The molecule has 5 rings (SSSR count). The number of aromatic nitrogens is 2. The zero-order valence-corrected chi connectivity index (χ0v) is 21.5. The third-order valence-electron chi connectivity index (χ3n) is 7.44. The molecule has 3 N–H and O–H groups in total. The Balaban J connectivity index is 1.39. The Bertz CT molecular complexity index is 1340. The number of aliphatic imine (C=N–C) groups is 1. The number of fused-ring (bicyclic) bond motifs is 1. The molecule has 1 amide bonds. The summed E-state index contributed by atoms with van der Waals surface area (Å²) in [6.07, 6.45) is 6.94. The number of allylic oxidation sites excluding steroid dienone is 3. The van der Waals surface area contributed by atoms with E-state index in [4.69, 9.17) is 5.73 Å². The van der Waals surface area contributed by atoms with Gasteiger partial charge in [0.05, 0.1) is 29.3 Å². The number of alkyl halides is 3. The summed E-state index contributed by atoms with van der Waals surface area (Å²) in [4.78, 5) is 29.5. The largest absolute Gasteiger partial charge is 0.416 e. The maximum Gasteiger partial charge on any atom is 0.416 e. The Labute approximate surface area is 219 Å². The number of nitrogens with zero attached hydrogens (tertiary/aromatic N) is 4. The predicted octanol–water partition coefficient (Wildman–Crippen LogP) is 5.53. The Hall–Kier alpha value is -3.69. The first kappa shape index (κ1) is 25.9. The summed E-state index contributed by atoms with van der Waals surface area (Å²) in [7, 11) is 0. The van der Waals surface area contributed by atoms with Crippen LogP contribution < -0.4 is 11.1 Å². The number of aryl methyl sites for hydroxylation is 1. The number of carbonyl (C=O) groups is 1. The van der Waals surface area contributed by atoms with Crippen molar-refractivity contribution >= 4 is 23.1 Å². The summed E-state index contributed by atoms with van der Waals surface area (Å²) in [6.45, 7) is 4.42. The number of anilines is 2. The SMILES string of the molecule is Cc1nc2c(c(NC(C)c3cc(N)cc(C(F)(F)F)c3)n1)CN(C(=O)C1(C3=N/C=C\C=C/CC3)CC1)CC2. The quantitative estimate of drug-likeness (QED) is 0.502. The minimum absolute atomic E-state index is 0.0401. The second-order valence-electron chi connectivity index (χ2n) is 10.2. The average molecular weight is 525 g/mol. The lowest BCUT2D eigenvalue weighted by molar-refractivity contribution is -0.137. The molecule has 1 saturated carbocycles. The van der Waals surface area contributed by atoms with E-state index in [9.17, 15) is 18.0 Å². The van der Waals surface area contributed by atoms with E-state index in [-0.39, 0.29) is 11.6 Å². The molecule has 38 heavy (non-hydrogen) atoms. The Morgan fingerprint density at radius 2 is 1.95 bits per heavy atom. The molecule has 0 saturated heterocycles. The van der Waals surface area contributed by atoms with Crippen molar-refractivity contribution < 1.29 is 18.0 Å². The average Bonchev–Trinajstić information content (AvgIpc) is 3.64. The molecule has 3 aliphatic rings. The molecule has 0 spiro atoms. The highest BCUT2D eigenvalue weighted by Gasteiger charge is 2.55. The molecular weight excluding hydrogens is 493 g/mol. The number of rotatable bonds is 5. The Morgan fingerprint density at radius 3 is 2.68 bits per heavy atom. The normalized spacial score (nSPS) is 20.9. The summed E-state index contributed by atoms with van der Waals surface area (Å²) in [5.41, 5.74) is 7.45. The number of nitrogens with two attached hydrogens (primary N) is 1. The van der Waals surface area contributed by atoms with Crippen LogP contribution in [0.4, 0.5) is 24.7 Å². The zero-order chi connectivity index (χ0) is 27.1. The molecule has 1 aliphatic carbocycles. The van der Waals surface area contributed by atoms with Crippen LogP contribution in [0.5, 0.6) is 0 Å². The molecule has 7 nitrogen and oxygen atoms in total. The minimum atomic E-state index is -4.50.